The molecule has 2 N–H and O–H groups in total. The van der Waals surface area contributed by atoms with E-state index in [1.165, 1.54) is 0 Å². The zero-order valence-electron chi connectivity index (χ0n) is 12.7. The molecule has 0 spiro atoms. The Kier molecular flexibility index (Phi) is 4.29. The molecule has 0 saturated carbocycles. The fraction of sp³-hybridized carbons (Fsp3) is 0.250. The molecule has 0 atom stereocenters. The Labute approximate surface area is 135 Å². The molecule has 1 aliphatic rings. The van der Waals surface area contributed by atoms with Crippen LogP contribution in [-0.2, 0) is 10.0 Å². The van der Waals surface area contributed by atoms with Gasteiger partial charge in [-0.15, -0.1) is 0 Å². The zero-order valence-corrected chi connectivity index (χ0v) is 13.5. The number of ether oxygens (including phenoxy) is 2. The van der Waals surface area contributed by atoms with Gasteiger partial charge in [-0.05, 0) is 43.3 Å². The number of hydrogen-bond acceptors (Lipinski definition) is 5. The average molecular weight is 334 g/mol. The Bertz CT molecular complexity index is 788. The largest absolute Gasteiger partial charge is 0.486 e. The smallest absolute Gasteiger partial charge is 0.232 e. The number of anilines is 3. The third-order valence-corrected chi connectivity index (χ3v) is 4.68. The van der Waals surface area contributed by atoms with Crippen LogP contribution in [0, 0.1) is 0 Å². The first-order valence-corrected chi connectivity index (χ1v) is 8.98. The Balaban J connectivity index is 1.71. The monoisotopic (exact) mass is 334 g/mol. The minimum absolute atomic E-state index is 0.0458. The van der Waals surface area contributed by atoms with E-state index < -0.39 is 10.0 Å². The molecule has 2 aromatic rings. The van der Waals surface area contributed by atoms with Crippen LogP contribution < -0.4 is 19.5 Å². The normalized spacial score (nSPS) is 13.4. The van der Waals surface area contributed by atoms with Crippen LogP contribution >= 0.6 is 0 Å². The minimum Gasteiger partial charge on any atom is -0.486 e. The van der Waals surface area contributed by atoms with E-state index in [1.54, 1.807) is 19.1 Å². The van der Waals surface area contributed by atoms with Gasteiger partial charge in [0.2, 0.25) is 10.0 Å². The van der Waals surface area contributed by atoms with Crippen LogP contribution in [0.15, 0.2) is 42.5 Å². The number of hydrogen-bond donors (Lipinski definition) is 2. The summed E-state index contributed by atoms with van der Waals surface area (Å²) in [6, 6.07) is 12.7. The lowest BCUT2D eigenvalue weighted by Crippen LogP contribution is -2.15. The topological polar surface area (TPSA) is 76.7 Å². The van der Waals surface area contributed by atoms with E-state index >= 15 is 0 Å². The number of nitrogens with one attached hydrogen (secondary N) is 2. The minimum atomic E-state index is -3.26. The Morgan fingerprint density at radius 2 is 1.52 bits per heavy atom. The predicted octanol–water partition coefficient (Wildman–Crippen LogP) is 2.96. The number of sulfonamides is 1. The number of fused-ring (bicyclic) bond motifs is 1. The Morgan fingerprint density at radius 3 is 2.22 bits per heavy atom. The van der Waals surface area contributed by atoms with Gasteiger partial charge in [0.15, 0.2) is 11.5 Å². The van der Waals surface area contributed by atoms with Crippen molar-refractivity contribution < 1.29 is 17.9 Å². The van der Waals surface area contributed by atoms with Crippen molar-refractivity contribution in [3.05, 3.63) is 42.5 Å². The van der Waals surface area contributed by atoms with Gasteiger partial charge in [-0.3, -0.25) is 4.72 Å². The van der Waals surface area contributed by atoms with Crippen LogP contribution in [0.5, 0.6) is 11.5 Å². The maximum Gasteiger partial charge on any atom is 0.232 e. The van der Waals surface area contributed by atoms with Gasteiger partial charge in [0.1, 0.15) is 13.2 Å². The third-order valence-electron chi connectivity index (χ3n) is 3.37. The highest BCUT2D eigenvalue weighted by atomic mass is 32.2. The van der Waals surface area contributed by atoms with Gasteiger partial charge < -0.3 is 14.8 Å². The van der Waals surface area contributed by atoms with Gasteiger partial charge in [-0.1, -0.05) is 0 Å². The lowest BCUT2D eigenvalue weighted by Gasteiger charge is -2.19. The fourth-order valence-electron chi connectivity index (χ4n) is 2.16. The first-order valence-electron chi connectivity index (χ1n) is 7.33. The molecule has 0 unspecified atom stereocenters. The van der Waals surface area contributed by atoms with Gasteiger partial charge >= 0.3 is 0 Å². The van der Waals surface area contributed by atoms with Crippen molar-refractivity contribution in [1.29, 1.82) is 0 Å². The van der Waals surface area contributed by atoms with Crippen LogP contribution in [0.2, 0.25) is 0 Å². The van der Waals surface area contributed by atoms with E-state index in [9.17, 15) is 8.42 Å². The summed E-state index contributed by atoms with van der Waals surface area (Å²) in [7, 11) is -3.26. The highest BCUT2D eigenvalue weighted by Gasteiger charge is 2.12. The van der Waals surface area contributed by atoms with Crippen LogP contribution in [0.3, 0.4) is 0 Å². The third kappa shape index (κ3) is 3.87. The molecule has 7 heteroatoms. The predicted molar refractivity (Wildman–Crippen MR) is 90.2 cm³/mol. The zero-order chi connectivity index (χ0) is 16.3. The molecular formula is C16H18N2O4S. The fourth-order valence-corrected chi connectivity index (χ4v) is 2.80. The van der Waals surface area contributed by atoms with Gasteiger partial charge in [0.25, 0.3) is 0 Å². The Hall–Kier alpha value is -2.41. The average Bonchev–Trinajstić information content (AvgIpc) is 2.56. The lowest BCUT2D eigenvalue weighted by atomic mass is 10.2. The van der Waals surface area contributed by atoms with Gasteiger partial charge in [0.05, 0.1) is 5.75 Å². The summed E-state index contributed by atoms with van der Waals surface area (Å²) in [6.45, 7) is 2.71. The van der Waals surface area contributed by atoms with Crippen LogP contribution in [0.25, 0.3) is 0 Å². The quantitative estimate of drug-likeness (QED) is 0.879. The standard InChI is InChI=1S/C16H18N2O4S/c1-2-23(19,20)18-13-5-3-12(4-6-13)17-14-7-8-15-16(11-14)22-10-9-21-15/h3-8,11,17-18H,2,9-10H2,1H3. The summed E-state index contributed by atoms with van der Waals surface area (Å²) >= 11 is 0. The highest BCUT2D eigenvalue weighted by molar-refractivity contribution is 7.92. The molecule has 23 heavy (non-hydrogen) atoms. The van der Waals surface area contributed by atoms with E-state index in [0.29, 0.717) is 24.7 Å². The molecular weight excluding hydrogens is 316 g/mol. The molecule has 2 aromatic carbocycles. The molecule has 0 aliphatic carbocycles. The van der Waals surface area contributed by atoms with E-state index in [1.807, 2.05) is 30.3 Å². The summed E-state index contributed by atoms with van der Waals surface area (Å²) in [5.41, 5.74) is 2.26. The molecule has 0 saturated heterocycles. The molecule has 0 fully saturated rings. The van der Waals surface area contributed by atoms with Crippen molar-refractivity contribution in [3.63, 3.8) is 0 Å². The molecule has 6 nitrogen and oxygen atoms in total. The van der Waals surface area contributed by atoms with Crippen molar-refractivity contribution in [1.82, 2.24) is 0 Å². The lowest BCUT2D eigenvalue weighted by molar-refractivity contribution is 0.171. The first-order chi connectivity index (χ1) is 11.1. The maximum atomic E-state index is 11.5. The van der Waals surface area contributed by atoms with Crippen molar-refractivity contribution in [2.24, 2.45) is 0 Å². The van der Waals surface area contributed by atoms with Crippen molar-refractivity contribution in [3.8, 4) is 11.5 Å². The second-order valence-electron chi connectivity index (χ2n) is 5.07. The summed E-state index contributed by atoms with van der Waals surface area (Å²) in [4.78, 5) is 0. The summed E-state index contributed by atoms with van der Waals surface area (Å²) in [5, 5.41) is 3.25. The van der Waals surface area contributed by atoms with Gasteiger partial charge in [-0.25, -0.2) is 8.42 Å². The molecule has 0 bridgehead atoms. The van der Waals surface area contributed by atoms with Gasteiger partial charge in [0, 0.05) is 23.1 Å². The van der Waals surface area contributed by atoms with Gasteiger partial charge in [-0.2, -0.15) is 0 Å². The Morgan fingerprint density at radius 1 is 0.913 bits per heavy atom. The SMILES string of the molecule is CCS(=O)(=O)Nc1ccc(Nc2ccc3c(c2)OCCO3)cc1. The van der Waals surface area contributed by atoms with Crippen LogP contribution in [0.1, 0.15) is 6.92 Å². The van der Waals surface area contributed by atoms with Crippen LogP contribution in [-0.4, -0.2) is 27.4 Å². The molecule has 122 valence electrons. The van der Waals surface area contributed by atoms with E-state index in [-0.39, 0.29) is 5.75 Å². The highest BCUT2D eigenvalue weighted by Crippen LogP contribution is 2.33. The second-order valence-corrected chi connectivity index (χ2v) is 7.08. The van der Waals surface area contributed by atoms with Crippen molar-refractivity contribution >= 4 is 27.1 Å². The summed E-state index contributed by atoms with van der Waals surface area (Å²) in [5.74, 6) is 1.50. The molecule has 1 aliphatic heterocycles. The van der Waals surface area contributed by atoms with Crippen molar-refractivity contribution in [2.45, 2.75) is 6.92 Å². The maximum absolute atomic E-state index is 11.5. The van der Waals surface area contributed by atoms with E-state index in [4.69, 9.17) is 9.47 Å². The summed E-state index contributed by atoms with van der Waals surface area (Å²) < 4.78 is 36.6. The molecule has 1 heterocycles. The molecule has 3 rings (SSSR count). The molecule has 0 amide bonds. The van der Waals surface area contributed by atoms with Crippen LogP contribution in [0.4, 0.5) is 17.1 Å². The molecule has 0 radical (unpaired) electrons. The number of rotatable bonds is 5. The first kappa shape index (κ1) is 15.5. The van der Waals surface area contributed by atoms with Crippen molar-refractivity contribution in [2.75, 3.05) is 29.0 Å². The van der Waals surface area contributed by atoms with E-state index in [0.717, 1.165) is 17.1 Å². The second kappa shape index (κ2) is 6.37. The molecule has 0 aromatic heterocycles. The number of benzene rings is 2. The summed E-state index contributed by atoms with van der Waals surface area (Å²) in [6.07, 6.45) is 0. The van der Waals surface area contributed by atoms with E-state index in [2.05, 4.69) is 10.0 Å².